The number of aromatic nitrogens is 1. The number of esters is 1. The Labute approximate surface area is 142 Å². The number of nitrogens with one attached hydrogen (secondary N) is 2. The Hall–Kier alpha value is -3.35. The van der Waals surface area contributed by atoms with E-state index in [4.69, 9.17) is 9.15 Å². The maximum absolute atomic E-state index is 11.9. The quantitative estimate of drug-likeness (QED) is 0.693. The third-order valence-corrected chi connectivity index (χ3v) is 3.62. The molecule has 7 nitrogen and oxygen atoms in total. The lowest BCUT2D eigenvalue weighted by Gasteiger charge is -2.11. The second-order valence-corrected chi connectivity index (χ2v) is 5.46. The smallest absolute Gasteiger partial charge is 0.344 e. The fraction of sp³-hybridized carbons (Fsp3) is 0.167. The van der Waals surface area contributed by atoms with Crippen LogP contribution in [-0.2, 0) is 9.53 Å². The van der Waals surface area contributed by atoms with Crippen LogP contribution in [0.3, 0.4) is 0 Å². The molecule has 2 aromatic heterocycles. The molecular weight excluding hydrogens is 324 g/mol. The number of furan rings is 1. The minimum atomic E-state index is -0.853. The molecule has 7 heteroatoms. The van der Waals surface area contributed by atoms with Gasteiger partial charge >= 0.3 is 5.97 Å². The number of aromatic amines is 1. The van der Waals surface area contributed by atoms with E-state index < -0.39 is 30.1 Å². The maximum atomic E-state index is 11.9. The van der Waals surface area contributed by atoms with Gasteiger partial charge in [-0.2, -0.15) is 0 Å². The number of hydrogen-bond donors (Lipinski definition) is 2. The summed E-state index contributed by atoms with van der Waals surface area (Å²) in [5.74, 6) is -0.748. The highest BCUT2D eigenvalue weighted by molar-refractivity contribution is 5.91. The number of carbonyl (C=O) groups is 2. The summed E-state index contributed by atoms with van der Waals surface area (Å²) in [6.45, 7) is 1.27. The highest BCUT2D eigenvalue weighted by Crippen LogP contribution is 2.23. The van der Waals surface area contributed by atoms with E-state index in [9.17, 15) is 14.4 Å². The molecule has 25 heavy (non-hydrogen) atoms. The maximum Gasteiger partial charge on any atom is 0.344 e. The number of benzene rings is 1. The number of para-hydroxylation sites is 1. The first-order valence-corrected chi connectivity index (χ1v) is 7.67. The van der Waals surface area contributed by atoms with Crippen LogP contribution in [0.15, 0.2) is 57.9 Å². The van der Waals surface area contributed by atoms with E-state index in [0.717, 1.165) is 11.0 Å². The molecule has 0 radical (unpaired) electrons. The molecule has 0 bridgehead atoms. The zero-order valence-electron chi connectivity index (χ0n) is 13.4. The topological polar surface area (TPSA) is 101 Å². The Morgan fingerprint density at radius 1 is 1.24 bits per heavy atom. The van der Waals surface area contributed by atoms with E-state index in [0.29, 0.717) is 5.76 Å². The van der Waals surface area contributed by atoms with Crippen LogP contribution < -0.4 is 10.9 Å². The van der Waals surface area contributed by atoms with Gasteiger partial charge in [0.05, 0.1) is 6.04 Å². The van der Waals surface area contributed by atoms with E-state index in [2.05, 4.69) is 10.3 Å². The van der Waals surface area contributed by atoms with Crippen molar-refractivity contribution in [2.24, 2.45) is 0 Å². The molecule has 0 saturated heterocycles. The molecule has 0 saturated carbocycles. The van der Waals surface area contributed by atoms with Crippen molar-refractivity contribution in [1.29, 1.82) is 0 Å². The number of hydrogen-bond acceptors (Lipinski definition) is 5. The van der Waals surface area contributed by atoms with Gasteiger partial charge in [0.25, 0.3) is 11.5 Å². The van der Waals surface area contributed by atoms with E-state index in [1.807, 2.05) is 30.3 Å². The minimum absolute atomic E-state index is 0.152. The monoisotopic (exact) mass is 340 g/mol. The Kier molecular flexibility index (Phi) is 4.65. The van der Waals surface area contributed by atoms with E-state index >= 15 is 0 Å². The van der Waals surface area contributed by atoms with Crippen LogP contribution in [0.2, 0.25) is 0 Å². The van der Waals surface area contributed by atoms with E-state index in [-0.39, 0.29) is 5.56 Å². The molecule has 1 amide bonds. The molecule has 1 atom stereocenters. The summed E-state index contributed by atoms with van der Waals surface area (Å²) in [4.78, 5) is 37.6. The average molecular weight is 340 g/mol. The lowest BCUT2D eigenvalue weighted by Crippen LogP contribution is -2.31. The number of amides is 1. The molecule has 0 aliphatic rings. The molecule has 0 fully saturated rings. The first-order valence-electron chi connectivity index (χ1n) is 7.67. The van der Waals surface area contributed by atoms with Gasteiger partial charge in [-0.25, -0.2) is 4.79 Å². The number of pyridine rings is 1. The fourth-order valence-electron chi connectivity index (χ4n) is 2.36. The lowest BCUT2D eigenvalue weighted by atomic mass is 10.2. The standard InChI is InChI=1S/C18H16N2O5/c1-11(15-9-12-5-2-3-7-14(12)25-15)20-16(21)10-24-18(23)13-6-4-8-19-17(13)22/h2-9,11H,10H2,1H3,(H,19,22)(H,20,21)/t11-/m0/s1. The van der Waals surface area contributed by atoms with Crippen LogP contribution in [0.5, 0.6) is 0 Å². The molecule has 0 unspecified atom stereocenters. The molecule has 0 aliphatic carbocycles. The minimum Gasteiger partial charge on any atom is -0.459 e. The van der Waals surface area contributed by atoms with E-state index in [1.165, 1.54) is 18.3 Å². The SMILES string of the molecule is C[C@H](NC(=O)COC(=O)c1ccc[nH]c1=O)c1cc2ccccc2o1. The third-order valence-electron chi connectivity index (χ3n) is 3.62. The molecule has 3 aromatic rings. The van der Waals surface area contributed by atoms with Gasteiger partial charge in [0.1, 0.15) is 16.9 Å². The second kappa shape index (κ2) is 7.04. The highest BCUT2D eigenvalue weighted by Gasteiger charge is 2.17. The van der Waals surface area contributed by atoms with Crippen molar-refractivity contribution >= 4 is 22.8 Å². The molecule has 1 aromatic carbocycles. The predicted octanol–water partition coefficient (Wildman–Crippen LogP) is 2.16. The van der Waals surface area contributed by atoms with Gasteiger partial charge in [-0.15, -0.1) is 0 Å². The van der Waals surface area contributed by atoms with Gasteiger partial charge < -0.3 is 19.5 Å². The highest BCUT2D eigenvalue weighted by atomic mass is 16.5. The summed E-state index contributed by atoms with van der Waals surface area (Å²) in [6.07, 6.45) is 1.40. The fourth-order valence-corrected chi connectivity index (χ4v) is 2.36. The summed E-state index contributed by atoms with van der Waals surface area (Å²) < 4.78 is 10.5. The molecular formula is C18H16N2O5. The first-order chi connectivity index (χ1) is 12.0. The molecule has 2 heterocycles. The Morgan fingerprint density at radius 3 is 2.80 bits per heavy atom. The van der Waals surface area contributed by atoms with Crippen molar-refractivity contribution in [1.82, 2.24) is 10.3 Å². The van der Waals surface area contributed by atoms with Crippen molar-refractivity contribution < 1.29 is 18.7 Å². The van der Waals surface area contributed by atoms with E-state index in [1.54, 1.807) is 6.92 Å². The van der Waals surface area contributed by atoms with Crippen molar-refractivity contribution in [3.63, 3.8) is 0 Å². The number of fused-ring (bicyclic) bond motifs is 1. The number of carbonyl (C=O) groups excluding carboxylic acids is 2. The molecule has 3 rings (SSSR count). The first kappa shape index (κ1) is 16.5. The van der Waals surface area contributed by atoms with Crippen LogP contribution >= 0.6 is 0 Å². The summed E-state index contributed by atoms with van der Waals surface area (Å²) in [5.41, 5.74) is 0.0116. The zero-order valence-corrected chi connectivity index (χ0v) is 13.4. The Bertz CT molecular complexity index is 940. The Balaban J connectivity index is 1.58. The van der Waals surface area contributed by atoms with Gasteiger partial charge in [0.15, 0.2) is 6.61 Å². The normalized spacial score (nSPS) is 11.9. The van der Waals surface area contributed by atoms with Crippen LogP contribution in [0.4, 0.5) is 0 Å². The summed E-state index contributed by atoms with van der Waals surface area (Å²) in [5, 5.41) is 3.62. The number of H-pyrrole nitrogens is 1. The van der Waals surface area contributed by atoms with Crippen molar-refractivity contribution in [2.45, 2.75) is 13.0 Å². The van der Waals surface area contributed by atoms with Crippen LogP contribution in [0.1, 0.15) is 29.1 Å². The average Bonchev–Trinajstić information content (AvgIpc) is 3.04. The lowest BCUT2D eigenvalue weighted by molar-refractivity contribution is -0.125. The molecule has 0 aliphatic heterocycles. The van der Waals surface area contributed by atoms with Gasteiger partial charge in [0, 0.05) is 11.6 Å². The van der Waals surface area contributed by atoms with Gasteiger partial charge in [-0.1, -0.05) is 18.2 Å². The van der Waals surface area contributed by atoms with Crippen LogP contribution in [0.25, 0.3) is 11.0 Å². The zero-order chi connectivity index (χ0) is 17.8. The number of rotatable bonds is 5. The predicted molar refractivity (Wildman–Crippen MR) is 90.1 cm³/mol. The Morgan fingerprint density at radius 2 is 2.04 bits per heavy atom. The van der Waals surface area contributed by atoms with Crippen molar-refractivity contribution in [2.75, 3.05) is 6.61 Å². The summed E-state index contributed by atoms with van der Waals surface area (Å²) in [6, 6.07) is 11.8. The second-order valence-electron chi connectivity index (χ2n) is 5.46. The summed E-state index contributed by atoms with van der Waals surface area (Å²) in [7, 11) is 0. The van der Waals surface area contributed by atoms with Gasteiger partial charge in [-0.05, 0) is 31.2 Å². The van der Waals surface area contributed by atoms with Crippen LogP contribution in [0, 0.1) is 0 Å². The van der Waals surface area contributed by atoms with Gasteiger partial charge in [0.2, 0.25) is 0 Å². The van der Waals surface area contributed by atoms with Crippen molar-refractivity contribution in [3.05, 3.63) is 70.3 Å². The number of ether oxygens (including phenoxy) is 1. The molecule has 0 spiro atoms. The van der Waals surface area contributed by atoms with Crippen molar-refractivity contribution in [3.8, 4) is 0 Å². The summed E-state index contributed by atoms with van der Waals surface area (Å²) >= 11 is 0. The molecule has 128 valence electrons. The third kappa shape index (κ3) is 3.77. The molecule has 2 N–H and O–H groups in total. The largest absolute Gasteiger partial charge is 0.459 e. The van der Waals surface area contributed by atoms with Gasteiger partial charge in [-0.3, -0.25) is 9.59 Å². The van der Waals surface area contributed by atoms with Crippen LogP contribution in [-0.4, -0.2) is 23.5 Å².